The lowest BCUT2D eigenvalue weighted by molar-refractivity contribution is -0.136. The number of ether oxygens (including phenoxy) is 1. The molecule has 1 aliphatic rings. The Kier molecular flexibility index (Phi) is 10.9. The number of carbonyl (C=O) groups is 1. The van der Waals surface area contributed by atoms with E-state index in [-0.39, 0.29) is 36.1 Å². The summed E-state index contributed by atoms with van der Waals surface area (Å²) >= 11 is 5.85. The van der Waals surface area contributed by atoms with Crippen LogP contribution in [-0.2, 0) is 4.79 Å². The Hall–Kier alpha value is -0.720. The predicted octanol–water partition coefficient (Wildman–Crippen LogP) is 3.08. The van der Waals surface area contributed by atoms with Crippen molar-refractivity contribution in [3.05, 3.63) is 29.3 Å². The molecule has 0 radical (unpaired) electrons. The minimum atomic E-state index is -0.447. The average Bonchev–Trinajstić information content (AvgIpc) is 2.55. The van der Waals surface area contributed by atoms with Crippen LogP contribution >= 0.6 is 36.4 Å². The Morgan fingerprint density at radius 1 is 1.15 bits per heavy atom. The average molecular weight is 427 g/mol. The molecule has 1 saturated heterocycles. The van der Waals surface area contributed by atoms with Crippen LogP contribution in [0.1, 0.15) is 20.8 Å². The van der Waals surface area contributed by atoms with Gasteiger partial charge in [-0.1, -0.05) is 32.4 Å². The highest BCUT2D eigenvalue weighted by atomic mass is 35.5. The van der Waals surface area contributed by atoms with Crippen LogP contribution in [0.15, 0.2) is 24.3 Å². The maximum absolute atomic E-state index is 12.4. The lowest BCUT2D eigenvalue weighted by Crippen LogP contribution is -2.56. The Morgan fingerprint density at radius 2 is 1.69 bits per heavy atom. The van der Waals surface area contributed by atoms with Gasteiger partial charge < -0.3 is 15.4 Å². The maximum Gasteiger partial charge on any atom is 0.240 e. The Labute approximate surface area is 174 Å². The molecule has 2 rings (SSSR count). The quantitative estimate of drug-likeness (QED) is 0.786. The Bertz CT molecular complexity index is 542. The van der Waals surface area contributed by atoms with E-state index in [1.165, 1.54) is 0 Å². The molecule has 1 heterocycles. The van der Waals surface area contributed by atoms with Gasteiger partial charge in [-0.05, 0) is 29.7 Å². The first kappa shape index (κ1) is 25.3. The summed E-state index contributed by atoms with van der Waals surface area (Å²) in [5.41, 5.74) is 5.87. The lowest BCUT2D eigenvalue weighted by Gasteiger charge is -2.38. The Balaban J connectivity index is 0.00000312. The SMILES string of the molecule is CC(C)(C)[C@H](N)C(=O)N1CCN(CCOc2ccc(Cl)cc2)CC1.Cl.Cl. The molecule has 0 aliphatic carbocycles. The number of nitrogens with zero attached hydrogens (tertiary/aromatic N) is 2. The van der Waals surface area contributed by atoms with Crippen LogP contribution in [-0.4, -0.2) is 61.1 Å². The molecule has 2 N–H and O–H groups in total. The van der Waals surface area contributed by atoms with Crippen LogP contribution in [0.3, 0.4) is 0 Å². The number of nitrogens with two attached hydrogens (primary N) is 1. The zero-order valence-corrected chi connectivity index (χ0v) is 18.0. The van der Waals surface area contributed by atoms with Crippen molar-refractivity contribution in [2.45, 2.75) is 26.8 Å². The summed E-state index contributed by atoms with van der Waals surface area (Å²) in [6.45, 7) is 10.6. The predicted molar refractivity (Wildman–Crippen MR) is 112 cm³/mol. The van der Waals surface area contributed by atoms with Gasteiger partial charge in [0.05, 0.1) is 6.04 Å². The maximum atomic E-state index is 12.4. The molecule has 1 aromatic rings. The zero-order chi connectivity index (χ0) is 17.7. The fraction of sp³-hybridized carbons (Fsp3) is 0.611. The van der Waals surface area contributed by atoms with E-state index in [0.29, 0.717) is 11.6 Å². The van der Waals surface area contributed by atoms with Crippen molar-refractivity contribution in [1.29, 1.82) is 0 Å². The molecule has 0 saturated carbocycles. The third-order valence-corrected chi connectivity index (χ3v) is 4.62. The number of amides is 1. The first-order chi connectivity index (χ1) is 11.3. The number of hydrogen-bond donors (Lipinski definition) is 1. The van der Waals surface area contributed by atoms with Crippen molar-refractivity contribution in [3.63, 3.8) is 0 Å². The van der Waals surface area contributed by atoms with Crippen molar-refractivity contribution >= 4 is 42.3 Å². The lowest BCUT2D eigenvalue weighted by atomic mass is 9.86. The summed E-state index contributed by atoms with van der Waals surface area (Å²) in [5.74, 6) is 0.879. The number of rotatable bonds is 5. The van der Waals surface area contributed by atoms with Gasteiger partial charge in [0.2, 0.25) is 5.91 Å². The highest BCUT2D eigenvalue weighted by molar-refractivity contribution is 6.30. The molecule has 1 atom stereocenters. The summed E-state index contributed by atoms with van der Waals surface area (Å²) < 4.78 is 5.72. The molecular weight excluding hydrogens is 397 g/mol. The third kappa shape index (κ3) is 7.49. The fourth-order valence-electron chi connectivity index (χ4n) is 2.58. The molecule has 26 heavy (non-hydrogen) atoms. The molecule has 1 fully saturated rings. The second-order valence-corrected chi connectivity index (χ2v) is 7.75. The van der Waals surface area contributed by atoms with Crippen LogP contribution in [0.4, 0.5) is 0 Å². The molecule has 1 aliphatic heterocycles. The van der Waals surface area contributed by atoms with Gasteiger partial charge in [-0.25, -0.2) is 0 Å². The molecule has 0 aromatic heterocycles. The largest absolute Gasteiger partial charge is 0.492 e. The molecular formula is C18H30Cl3N3O2. The van der Waals surface area contributed by atoms with Crippen molar-refractivity contribution in [2.75, 3.05) is 39.3 Å². The second kappa shape index (κ2) is 11.2. The van der Waals surface area contributed by atoms with Crippen LogP contribution in [0.2, 0.25) is 5.02 Å². The summed E-state index contributed by atoms with van der Waals surface area (Å²) in [5, 5.41) is 0.705. The van der Waals surface area contributed by atoms with E-state index in [1.54, 1.807) is 0 Å². The summed E-state index contributed by atoms with van der Waals surface area (Å²) in [4.78, 5) is 16.6. The first-order valence-electron chi connectivity index (χ1n) is 8.42. The van der Waals surface area contributed by atoms with Crippen molar-refractivity contribution < 1.29 is 9.53 Å². The second-order valence-electron chi connectivity index (χ2n) is 7.31. The third-order valence-electron chi connectivity index (χ3n) is 4.37. The standard InChI is InChI=1S/C18H28ClN3O2.2ClH/c1-18(2,3)16(20)17(23)22-10-8-21(9-11-22)12-13-24-15-6-4-14(19)5-7-15;;/h4-7,16H,8-13,20H2,1-3H3;2*1H/t16-;;/m1../s1. The highest BCUT2D eigenvalue weighted by Gasteiger charge is 2.32. The highest BCUT2D eigenvalue weighted by Crippen LogP contribution is 2.20. The van der Waals surface area contributed by atoms with E-state index in [1.807, 2.05) is 49.9 Å². The fourth-order valence-corrected chi connectivity index (χ4v) is 2.71. The molecule has 8 heteroatoms. The number of piperazine rings is 1. The van der Waals surface area contributed by atoms with Gasteiger partial charge in [-0.2, -0.15) is 0 Å². The smallest absolute Gasteiger partial charge is 0.240 e. The van der Waals surface area contributed by atoms with Crippen LogP contribution in [0.25, 0.3) is 0 Å². The van der Waals surface area contributed by atoms with Gasteiger partial charge in [0.15, 0.2) is 0 Å². The van der Waals surface area contributed by atoms with E-state index in [0.717, 1.165) is 38.5 Å². The van der Waals surface area contributed by atoms with Crippen LogP contribution in [0, 0.1) is 5.41 Å². The van der Waals surface area contributed by atoms with Crippen LogP contribution < -0.4 is 10.5 Å². The number of hydrogen-bond acceptors (Lipinski definition) is 4. The van der Waals surface area contributed by atoms with Gasteiger partial charge in [-0.15, -0.1) is 24.8 Å². The van der Waals surface area contributed by atoms with E-state index in [4.69, 9.17) is 22.1 Å². The summed E-state index contributed by atoms with van der Waals surface area (Å²) in [6, 6.07) is 6.93. The monoisotopic (exact) mass is 425 g/mol. The number of carbonyl (C=O) groups excluding carboxylic acids is 1. The zero-order valence-electron chi connectivity index (χ0n) is 15.6. The van der Waals surface area contributed by atoms with Crippen molar-refractivity contribution in [1.82, 2.24) is 9.80 Å². The van der Waals surface area contributed by atoms with Gasteiger partial charge in [-0.3, -0.25) is 9.69 Å². The minimum Gasteiger partial charge on any atom is -0.492 e. The van der Waals surface area contributed by atoms with Gasteiger partial charge in [0.1, 0.15) is 12.4 Å². The van der Waals surface area contributed by atoms with Crippen molar-refractivity contribution in [2.24, 2.45) is 11.1 Å². The van der Waals surface area contributed by atoms with Gasteiger partial charge >= 0.3 is 0 Å². The minimum absolute atomic E-state index is 0. The molecule has 150 valence electrons. The topological polar surface area (TPSA) is 58.8 Å². The molecule has 1 aromatic carbocycles. The van der Waals surface area contributed by atoms with Crippen molar-refractivity contribution in [3.8, 4) is 5.75 Å². The van der Waals surface area contributed by atoms with Gasteiger partial charge in [0, 0.05) is 37.7 Å². The first-order valence-corrected chi connectivity index (χ1v) is 8.80. The number of benzene rings is 1. The van der Waals surface area contributed by atoms with Crippen LogP contribution in [0.5, 0.6) is 5.75 Å². The molecule has 0 bridgehead atoms. The molecule has 1 amide bonds. The normalized spacial score (nSPS) is 16.3. The van der Waals surface area contributed by atoms with E-state index < -0.39 is 6.04 Å². The van der Waals surface area contributed by atoms with E-state index in [2.05, 4.69) is 4.90 Å². The Morgan fingerprint density at radius 3 is 2.19 bits per heavy atom. The van der Waals surface area contributed by atoms with Gasteiger partial charge in [0.25, 0.3) is 0 Å². The molecule has 0 spiro atoms. The summed E-state index contributed by atoms with van der Waals surface area (Å²) in [7, 11) is 0. The molecule has 0 unspecified atom stereocenters. The van der Waals surface area contributed by atoms with E-state index in [9.17, 15) is 4.79 Å². The summed E-state index contributed by atoms with van der Waals surface area (Å²) in [6.07, 6.45) is 0. The molecule has 5 nitrogen and oxygen atoms in total. The number of halogens is 3. The van der Waals surface area contributed by atoms with E-state index >= 15 is 0 Å².